The van der Waals surface area contributed by atoms with E-state index in [0.717, 1.165) is 34.2 Å². The third kappa shape index (κ3) is 4.73. The summed E-state index contributed by atoms with van der Waals surface area (Å²) in [6.45, 7) is 3.07. The van der Waals surface area contributed by atoms with Gasteiger partial charge in [0.1, 0.15) is 11.3 Å². The molecule has 1 fully saturated rings. The lowest BCUT2D eigenvalue weighted by molar-refractivity contribution is -0.140. The van der Waals surface area contributed by atoms with Gasteiger partial charge in [-0.05, 0) is 78.9 Å². The Labute approximate surface area is 245 Å². The lowest BCUT2D eigenvalue weighted by atomic mass is 9.98. The van der Waals surface area contributed by atoms with Crippen LogP contribution >= 0.6 is 0 Å². The van der Waals surface area contributed by atoms with Crippen LogP contribution in [0.25, 0.3) is 34.1 Å². The van der Waals surface area contributed by atoms with Gasteiger partial charge in [-0.1, -0.05) is 12.6 Å². The normalized spacial score (nSPS) is 19.4. The van der Waals surface area contributed by atoms with Gasteiger partial charge in [-0.3, -0.25) is 9.36 Å². The number of nitrogen functional groups attached to an aromatic ring is 1. The number of amides is 1. The molecule has 1 aromatic carbocycles. The summed E-state index contributed by atoms with van der Waals surface area (Å²) in [6, 6.07) is 14.0. The van der Waals surface area contributed by atoms with Crippen LogP contribution in [0.1, 0.15) is 30.0 Å². The lowest BCUT2D eigenvalue weighted by Gasteiger charge is -2.39. The number of anilines is 1. The topological polar surface area (TPSA) is 120 Å². The van der Waals surface area contributed by atoms with E-state index in [1.54, 1.807) is 17.1 Å². The third-order valence-corrected chi connectivity index (χ3v) is 8.26. The van der Waals surface area contributed by atoms with E-state index in [1.165, 1.54) is 0 Å². The molecule has 10 nitrogen and oxygen atoms in total. The second-order valence-corrected chi connectivity index (χ2v) is 10.9. The average molecular weight is 582 g/mol. The van der Waals surface area contributed by atoms with E-state index in [4.69, 9.17) is 15.7 Å². The van der Waals surface area contributed by atoms with Gasteiger partial charge in [0, 0.05) is 36.9 Å². The standard InChI is InChI=1S/C31H29F2N9O/c1-2-27(43)40-16-12-25(31(32,33)18-40)37-23-9-6-19-17-20(7-8-21(19)23)42-29(22-5-3-13-35-28(22)34)38-24-10-11-26(39-30(24)42)41-15-4-14-36-41/h2-5,7-8,10-11,13-15,17,23,25,37H,1,6,9,12,16,18H2,(H2,34,35)/t23-,25?/m0/s1. The van der Waals surface area contributed by atoms with E-state index in [9.17, 15) is 4.79 Å². The van der Waals surface area contributed by atoms with Gasteiger partial charge in [-0.2, -0.15) is 5.10 Å². The van der Waals surface area contributed by atoms with Crippen LogP contribution in [0.3, 0.4) is 0 Å². The molecule has 7 rings (SSSR count). The molecule has 1 aliphatic heterocycles. The number of nitrogens with one attached hydrogen (secondary N) is 1. The number of fused-ring (bicyclic) bond motifs is 2. The number of piperidine rings is 1. The van der Waals surface area contributed by atoms with Crippen LogP contribution in [-0.2, 0) is 11.2 Å². The Morgan fingerprint density at radius 1 is 1.12 bits per heavy atom. The number of hydrogen-bond acceptors (Lipinski definition) is 7. The fraction of sp³-hybridized carbons (Fsp3) is 0.258. The quantitative estimate of drug-likeness (QED) is 0.288. The Morgan fingerprint density at radius 2 is 2.00 bits per heavy atom. The molecule has 218 valence electrons. The number of aryl methyl sites for hydroxylation is 1. The van der Waals surface area contributed by atoms with Crippen LogP contribution < -0.4 is 11.1 Å². The van der Waals surface area contributed by atoms with Crippen molar-refractivity contribution in [2.24, 2.45) is 0 Å². The van der Waals surface area contributed by atoms with Crippen molar-refractivity contribution in [2.45, 2.75) is 37.3 Å². The Kier molecular flexibility index (Phi) is 6.50. The first-order valence-electron chi connectivity index (χ1n) is 14.1. The van der Waals surface area contributed by atoms with Gasteiger partial charge in [0.15, 0.2) is 17.3 Å². The molecular formula is C31H29F2N9O. The first-order chi connectivity index (χ1) is 20.8. The van der Waals surface area contributed by atoms with E-state index in [-0.39, 0.29) is 19.0 Å². The van der Waals surface area contributed by atoms with Gasteiger partial charge in [-0.25, -0.2) is 28.4 Å². The number of likely N-dealkylation sites (tertiary alicyclic amines) is 1. The summed E-state index contributed by atoms with van der Waals surface area (Å²) in [5.74, 6) is -1.94. The van der Waals surface area contributed by atoms with E-state index in [0.29, 0.717) is 40.6 Å². The Hall–Kier alpha value is -4.97. The van der Waals surface area contributed by atoms with Crippen molar-refractivity contribution in [3.63, 3.8) is 0 Å². The van der Waals surface area contributed by atoms with E-state index < -0.39 is 24.4 Å². The lowest BCUT2D eigenvalue weighted by Crippen LogP contribution is -2.58. The SMILES string of the molecule is C=CC(=O)N1CCC(N[C@H]2CCc3cc(-n4c(-c5cccnc5N)nc5ccc(-n6cccn6)nc54)ccc32)C(F)(F)C1. The summed E-state index contributed by atoms with van der Waals surface area (Å²) >= 11 is 0. The molecule has 1 saturated heterocycles. The first kappa shape index (κ1) is 26.9. The van der Waals surface area contributed by atoms with Gasteiger partial charge in [0.2, 0.25) is 5.91 Å². The molecule has 0 radical (unpaired) electrons. The van der Waals surface area contributed by atoms with E-state index in [2.05, 4.69) is 28.0 Å². The van der Waals surface area contributed by atoms with Crippen LogP contribution in [0.15, 0.2) is 79.8 Å². The molecule has 43 heavy (non-hydrogen) atoms. The zero-order valence-corrected chi connectivity index (χ0v) is 23.2. The van der Waals surface area contributed by atoms with Crippen LogP contribution in [0.2, 0.25) is 0 Å². The number of aromatic nitrogens is 6. The largest absolute Gasteiger partial charge is 0.383 e. The molecule has 4 aromatic heterocycles. The number of carbonyl (C=O) groups excluding carboxylic acids is 1. The van der Waals surface area contributed by atoms with Gasteiger partial charge >= 0.3 is 0 Å². The summed E-state index contributed by atoms with van der Waals surface area (Å²) in [4.78, 5) is 27.1. The predicted molar refractivity (Wildman–Crippen MR) is 158 cm³/mol. The summed E-state index contributed by atoms with van der Waals surface area (Å²) in [6.07, 6.45) is 7.81. The van der Waals surface area contributed by atoms with Crippen molar-refractivity contribution >= 4 is 22.9 Å². The summed E-state index contributed by atoms with van der Waals surface area (Å²) in [5, 5.41) is 7.53. The monoisotopic (exact) mass is 581 g/mol. The molecular weight excluding hydrogens is 552 g/mol. The number of nitrogens with two attached hydrogens (primary N) is 1. The molecule has 1 unspecified atom stereocenters. The smallest absolute Gasteiger partial charge is 0.280 e. The molecule has 2 aliphatic rings. The highest BCUT2D eigenvalue weighted by Crippen LogP contribution is 2.38. The highest BCUT2D eigenvalue weighted by Gasteiger charge is 2.46. The van der Waals surface area contributed by atoms with Crippen molar-refractivity contribution in [3.8, 4) is 22.9 Å². The zero-order valence-electron chi connectivity index (χ0n) is 23.2. The van der Waals surface area contributed by atoms with Gasteiger partial charge in [-0.15, -0.1) is 0 Å². The fourth-order valence-electron chi connectivity index (χ4n) is 6.13. The number of hydrogen-bond donors (Lipinski definition) is 2. The Bertz CT molecular complexity index is 1850. The highest BCUT2D eigenvalue weighted by atomic mass is 19.3. The highest BCUT2D eigenvalue weighted by molar-refractivity contribution is 5.87. The number of alkyl halides is 2. The fourth-order valence-corrected chi connectivity index (χ4v) is 6.13. The number of imidazole rings is 1. The summed E-state index contributed by atoms with van der Waals surface area (Å²) < 4.78 is 33.8. The van der Waals surface area contributed by atoms with E-state index >= 15 is 8.78 Å². The second kappa shape index (κ2) is 10.4. The van der Waals surface area contributed by atoms with Crippen LogP contribution in [0.4, 0.5) is 14.6 Å². The molecule has 0 saturated carbocycles. The molecule has 2 atom stereocenters. The Balaban J connectivity index is 1.25. The molecule has 0 bridgehead atoms. The van der Waals surface area contributed by atoms with Crippen molar-refractivity contribution < 1.29 is 13.6 Å². The number of rotatable bonds is 6. The number of pyridine rings is 2. The molecule has 1 aliphatic carbocycles. The number of benzene rings is 1. The summed E-state index contributed by atoms with van der Waals surface area (Å²) in [7, 11) is 0. The zero-order chi connectivity index (χ0) is 29.7. The summed E-state index contributed by atoms with van der Waals surface area (Å²) in [5.41, 5.74) is 11.1. The minimum atomic E-state index is -3.05. The second-order valence-electron chi connectivity index (χ2n) is 10.9. The average Bonchev–Trinajstić information content (AvgIpc) is 3.76. The number of nitrogens with zero attached hydrogens (tertiary/aromatic N) is 7. The maximum atomic E-state index is 15.1. The molecule has 5 aromatic rings. The van der Waals surface area contributed by atoms with Crippen LogP contribution in [-0.4, -0.2) is 65.2 Å². The third-order valence-electron chi connectivity index (χ3n) is 8.26. The molecule has 0 spiro atoms. The molecule has 1 amide bonds. The van der Waals surface area contributed by atoms with Crippen LogP contribution in [0, 0.1) is 0 Å². The van der Waals surface area contributed by atoms with Gasteiger partial charge < -0.3 is 16.0 Å². The van der Waals surface area contributed by atoms with Gasteiger partial charge in [0.05, 0.1) is 18.2 Å². The maximum Gasteiger partial charge on any atom is 0.280 e. The molecule has 12 heteroatoms. The predicted octanol–water partition coefficient (Wildman–Crippen LogP) is 4.25. The van der Waals surface area contributed by atoms with Crippen molar-refractivity contribution in [1.29, 1.82) is 0 Å². The first-order valence-corrected chi connectivity index (χ1v) is 14.1. The maximum absolute atomic E-state index is 15.1. The molecule has 5 heterocycles. The number of halogens is 2. The minimum absolute atomic E-state index is 0.164. The van der Waals surface area contributed by atoms with Crippen molar-refractivity contribution in [1.82, 2.24) is 39.5 Å². The van der Waals surface area contributed by atoms with Crippen molar-refractivity contribution in [3.05, 3.63) is 90.9 Å². The van der Waals surface area contributed by atoms with Crippen LogP contribution in [0.5, 0.6) is 0 Å². The minimum Gasteiger partial charge on any atom is -0.383 e. The molecule has 3 N–H and O–H groups in total. The van der Waals surface area contributed by atoms with E-state index in [1.807, 2.05) is 53.2 Å². The Morgan fingerprint density at radius 3 is 2.77 bits per heavy atom. The number of carbonyl (C=O) groups is 1. The van der Waals surface area contributed by atoms with Crippen molar-refractivity contribution in [2.75, 3.05) is 18.8 Å². The van der Waals surface area contributed by atoms with Gasteiger partial charge in [0.25, 0.3) is 5.92 Å².